The van der Waals surface area contributed by atoms with Crippen LogP contribution >= 0.6 is 0 Å². The summed E-state index contributed by atoms with van der Waals surface area (Å²) < 4.78 is 30.4. The van der Waals surface area contributed by atoms with E-state index in [0.29, 0.717) is 44.3 Å². The molecule has 2 saturated heterocycles. The van der Waals surface area contributed by atoms with E-state index < -0.39 is 10.0 Å². The number of aliphatic imine (C=N–C) groups is 1. The molecule has 0 aromatic rings. The fourth-order valence-corrected chi connectivity index (χ4v) is 4.21. The Balaban J connectivity index is 1.79. The number of ether oxygens (including phenoxy) is 1. The Morgan fingerprint density at radius 2 is 2.13 bits per heavy atom. The molecule has 0 radical (unpaired) electrons. The molecule has 2 heterocycles. The molecule has 2 N–H and O–H groups in total. The molecule has 2 rings (SSSR count). The monoisotopic (exact) mass is 346 g/mol. The molecule has 0 aromatic heterocycles. The van der Waals surface area contributed by atoms with E-state index in [-0.39, 0.29) is 0 Å². The van der Waals surface area contributed by atoms with Gasteiger partial charge in [0, 0.05) is 26.2 Å². The van der Waals surface area contributed by atoms with Crippen molar-refractivity contribution in [3.8, 4) is 0 Å². The average molecular weight is 346 g/mol. The van der Waals surface area contributed by atoms with Crippen LogP contribution in [-0.2, 0) is 14.8 Å². The maximum absolute atomic E-state index is 11.5. The highest BCUT2D eigenvalue weighted by atomic mass is 32.2. The molecular formula is C15H30N4O3S. The van der Waals surface area contributed by atoms with Gasteiger partial charge >= 0.3 is 0 Å². The normalized spacial score (nSPS) is 27.7. The molecule has 2 fully saturated rings. The summed E-state index contributed by atoms with van der Waals surface area (Å²) in [6, 6.07) is 0.342. The summed E-state index contributed by atoms with van der Waals surface area (Å²) in [7, 11) is -3.11. The molecule has 3 unspecified atom stereocenters. The first-order valence-corrected chi connectivity index (χ1v) is 10.4. The Bertz CT molecular complexity index is 509. The fraction of sp³-hybridized carbons (Fsp3) is 0.933. The molecule has 0 saturated carbocycles. The van der Waals surface area contributed by atoms with Gasteiger partial charge in [0.25, 0.3) is 0 Å². The van der Waals surface area contributed by atoms with Crippen molar-refractivity contribution < 1.29 is 13.2 Å². The van der Waals surface area contributed by atoms with Crippen molar-refractivity contribution in [2.45, 2.75) is 57.8 Å². The van der Waals surface area contributed by atoms with Gasteiger partial charge in [-0.2, -0.15) is 0 Å². The predicted molar refractivity (Wildman–Crippen MR) is 92.1 cm³/mol. The van der Waals surface area contributed by atoms with Crippen molar-refractivity contribution in [3.05, 3.63) is 0 Å². The van der Waals surface area contributed by atoms with Gasteiger partial charge in [-0.25, -0.2) is 12.7 Å². The van der Waals surface area contributed by atoms with Gasteiger partial charge in [0.2, 0.25) is 10.0 Å². The van der Waals surface area contributed by atoms with Crippen molar-refractivity contribution in [2.24, 2.45) is 4.99 Å². The molecule has 0 aliphatic carbocycles. The van der Waals surface area contributed by atoms with Crippen LogP contribution in [0.15, 0.2) is 4.99 Å². The van der Waals surface area contributed by atoms with E-state index in [2.05, 4.69) is 15.6 Å². The van der Waals surface area contributed by atoms with Crippen LogP contribution in [0.1, 0.15) is 39.5 Å². The Morgan fingerprint density at radius 1 is 1.35 bits per heavy atom. The number of sulfonamides is 1. The number of guanidine groups is 1. The van der Waals surface area contributed by atoms with E-state index in [9.17, 15) is 8.42 Å². The van der Waals surface area contributed by atoms with Crippen molar-refractivity contribution in [3.63, 3.8) is 0 Å². The summed E-state index contributed by atoms with van der Waals surface area (Å²) in [5.74, 6) is 0.802. The zero-order valence-corrected chi connectivity index (χ0v) is 15.2. The van der Waals surface area contributed by atoms with Crippen LogP contribution in [0.3, 0.4) is 0 Å². The average Bonchev–Trinajstić information content (AvgIpc) is 3.08. The molecule has 2 aliphatic heterocycles. The smallest absolute Gasteiger partial charge is 0.211 e. The van der Waals surface area contributed by atoms with Gasteiger partial charge in [0.15, 0.2) is 5.96 Å². The number of nitrogens with zero attached hydrogens (tertiary/aromatic N) is 2. The van der Waals surface area contributed by atoms with E-state index in [0.717, 1.165) is 25.3 Å². The highest BCUT2D eigenvalue weighted by Gasteiger charge is 2.41. The molecule has 0 aromatic carbocycles. The molecule has 2 bridgehead atoms. The van der Waals surface area contributed by atoms with E-state index in [1.807, 2.05) is 13.8 Å². The van der Waals surface area contributed by atoms with E-state index in [1.165, 1.54) is 17.0 Å². The zero-order chi connectivity index (χ0) is 16.9. The largest absolute Gasteiger partial charge is 0.373 e. The third-order valence-corrected chi connectivity index (χ3v) is 5.81. The highest BCUT2D eigenvalue weighted by molar-refractivity contribution is 7.88. The summed E-state index contributed by atoms with van der Waals surface area (Å²) in [4.78, 5) is 4.57. The summed E-state index contributed by atoms with van der Waals surface area (Å²) >= 11 is 0. The number of hydrogen-bond acceptors (Lipinski definition) is 4. The standard InChI is InChI=1S/C15H30N4O3S/c1-4-16-15(18-13-11-12-7-8-14(13)22-12)17-9-6-10-19(5-2)23(3,20)21/h12-14H,4-11H2,1-3H3,(H2,16,17,18). The van der Waals surface area contributed by atoms with Crippen LogP contribution in [0.5, 0.6) is 0 Å². The second kappa shape index (κ2) is 8.30. The number of fused-ring (bicyclic) bond motifs is 2. The topological polar surface area (TPSA) is 83.0 Å². The van der Waals surface area contributed by atoms with Crippen LogP contribution in [-0.4, -0.2) is 69.4 Å². The predicted octanol–water partition coefficient (Wildman–Crippen LogP) is 0.533. The van der Waals surface area contributed by atoms with Crippen molar-refractivity contribution in [1.29, 1.82) is 0 Å². The van der Waals surface area contributed by atoms with Gasteiger partial charge < -0.3 is 15.4 Å². The number of nitrogens with one attached hydrogen (secondary N) is 2. The molecule has 134 valence electrons. The highest BCUT2D eigenvalue weighted by Crippen LogP contribution is 2.34. The van der Waals surface area contributed by atoms with E-state index in [4.69, 9.17) is 4.74 Å². The summed E-state index contributed by atoms with van der Waals surface area (Å²) in [6.45, 7) is 6.31. The molecule has 8 heteroatoms. The lowest BCUT2D eigenvalue weighted by Crippen LogP contribution is -2.47. The first-order valence-electron chi connectivity index (χ1n) is 8.59. The molecular weight excluding hydrogens is 316 g/mol. The molecule has 2 aliphatic rings. The fourth-order valence-electron chi connectivity index (χ4n) is 3.28. The first-order chi connectivity index (χ1) is 10.9. The third-order valence-electron chi connectivity index (χ3n) is 4.43. The van der Waals surface area contributed by atoms with Crippen LogP contribution in [0.4, 0.5) is 0 Å². The van der Waals surface area contributed by atoms with Gasteiger partial charge in [-0.15, -0.1) is 0 Å². The van der Waals surface area contributed by atoms with Gasteiger partial charge in [0.1, 0.15) is 0 Å². The lowest BCUT2D eigenvalue weighted by Gasteiger charge is -2.22. The van der Waals surface area contributed by atoms with Crippen molar-refractivity contribution in [1.82, 2.24) is 14.9 Å². The van der Waals surface area contributed by atoms with Gasteiger partial charge in [-0.05, 0) is 32.6 Å². The Morgan fingerprint density at radius 3 is 2.65 bits per heavy atom. The molecule has 23 heavy (non-hydrogen) atoms. The Labute approximate surface area is 139 Å². The maximum Gasteiger partial charge on any atom is 0.211 e. The van der Waals surface area contributed by atoms with Crippen molar-refractivity contribution >= 4 is 16.0 Å². The molecule has 7 nitrogen and oxygen atoms in total. The Hall–Kier alpha value is -0.860. The summed E-state index contributed by atoms with van der Waals surface area (Å²) in [5.41, 5.74) is 0. The Kier molecular flexibility index (Phi) is 6.67. The quantitative estimate of drug-likeness (QED) is 0.381. The lowest BCUT2D eigenvalue weighted by molar-refractivity contribution is 0.0992. The van der Waals surface area contributed by atoms with E-state index >= 15 is 0 Å². The van der Waals surface area contributed by atoms with Gasteiger partial charge in [-0.3, -0.25) is 4.99 Å². The minimum atomic E-state index is -3.11. The maximum atomic E-state index is 11.5. The lowest BCUT2D eigenvalue weighted by atomic mass is 9.96. The minimum Gasteiger partial charge on any atom is -0.373 e. The van der Waals surface area contributed by atoms with Crippen LogP contribution in [0.2, 0.25) is 0 Å². The second-order valence-corrected chi connectivity index (χ2v) is 8.21. The second-order valence-electron chi connectivity index (χ2n) is 6.23. The summed E-state index contributed by atoms with van der Waals surface area (Å²) in [5, 5.41) is 6.72. The van der Waals surface area contributed by atoms with Crippen LogP contribution in [0, 0.1) is 0 Å². The van der Waals surface area contributed by atoms with Crippen molar-refractivity contribution in [2.75, 3.05) is 32.4 Å². The van der Waals surface area contributed by atoms with Gasteiger partial charge in [0.05, 0.1) is 24.5 Å². The number of rotatable bonds is 8. The zero-order valence-electron chi connectivity index (χ0n) is 14.4. The third kappa shape index (κ3) is 5.32. The molecule has 0 amide bonds. The number of hydrogen-bond donors (Lipinski definition) is 2. The summed E-state index contributed by atoms with van der Waals surface area (Å²) in [6.07, 6.45) is 6.03. The van der Waals surface area contributed by atoms with Crippen LogP contribution in [0.25, 0.3) is 0 Å². The SMILES string of the molecule is CCNC(=NCCCN(CC)S(C)(=O)=O)NC1CC2CCC1O2. The molecule has 3 atom stereocenters. The minimum absolute atomic E-state index is 0.310. The molecule has 0 spiro atoms. The van der Waals surface area contributed by atoms with Gasteiger partial charge in [-0.1, -0.05) is 6.92 Å². The van der Waals surface area contributed by atoms with Crippen LogP contribution < -0.4 is 10.6 Å². The first kappa shape index (κ1) is 18.5. The van der Waals surface area contributed by atoms with E-state index in [1.54, 1.807) is 0 Å².